The summed E-state index contributed by atoms with van der Waals surface area (Å²) in [6.45, 7) is 1.71. The van der Waals surface area contributed by atoms with Crippen molar-refractivity contribution in [3.8, 4) is 11.5 Å². The van der Waals surface area contributed by atoms with Gasteiger partial charge in [0.25, 0.3) is 0 Å². The summed E-state index contributed by atoms with van der Waals surface area (Å²) in [5.41, 5.74) is 4.36. The van der Waals surface area contributed by atoms with E-state index in [0.717, 1.165) is 36.9 Å². The molecule has 6 nitrogen and oxygen atoms in total. The van der Waals surface area contributed by atoms with Crippen molar-refractivity contribution in [1.29, 1.82) is 0 Å². The molecule has 0 saturated heterocycles. The van der Waals surface area contributed by atoms with Crippen LogP contribution in [-0.2, 0) is 24.2 Å². The van der Waals surface area contributed by atoms with E-state index >= 15 is 0 Å². The number of rotatable bonds is 5. The molecule has 7 heteroatoms. The van der Waals surface area contributed by atoms with Gasteiger partial charge in [0.2, 0.25) is 5.91 Å². The molecule has 2 aromatic carbocycles. The van der Waals surface area contributed by atoms with Crippen LogP contribution in [0, 0.1) is 0 Å². The van der Waals surface area contributed by atoms with Crippen LogP contribution in [-0.4, -0.2) is 28.9 Å². The molecule has 0 radical (unpaired) electrons. The van der Waals surface area contributed by atoms with Crippen LogP contribution in [0.4, 0.5) is 0 Å². The lowest BCUT2D eigenvalue weighted by atomic mass is 9.92. The lowest BCUT2D eigenvalue weighted by Gasteiger charge is -2.24. The first-order chi connectivity index (χ1) is 15.2. The van der Waals surface area contributed by atoms with Crippen molar-refractivity contribution in [2.75, 3.05) is 13.2 Å². The third kappa shape index (κ3) is 4.26. The molecule has 2 aliphatic rings. The number of benzene rings is 2. The molecular formula is C24H24ClN3O3. The van der Waals surface area contributed by atoms with Gasteiger partial charge in [0.1, 0.15) is 13.2 Å². The van der Waals surface area contributed by atoms with Crippen LogP contribution in [0.1, 0.15) is 41.3 Å². The van der Waals surface area contributed by atoms with Crippen LogP contribution in [0.2, 0.25) is 5.02 Å². The van der Waals surface area contributed by atoms with Crippen LogP contribution in [0.3, 0.4) is 0 Å². The maximum Gasteiger partial charge on any atom is 0.224 e. The number of carbonyl (C=O) groups is 1. The molecule has 0 saturated carbocycles. The number of nitrogens with one attached hydrogen (secondary N) is 1. The first-order valence-corrected chi connectivity index (χ1v) is 11.0. The molecule has 0 fully saturated rings. The zero-order chi connectivity index (χ0) is 21.2. The molecule has 1 atom stereocenters. The Bertz CT molecular complexity index is 1100. The van der Waals surface area contributed by atoms with E-state index in [1.165, 1.54) is 11.3 Å². The maximum atomic E-state index is 12.8. The number of carbonyl (C=O) groups excluding carboxylic acids is 1. The maximum absolute atomic E-state index is 12.8. The number of hydrogen-bond donors (Lipinski definition) is 1. The fourth-order valence-electron chi connectivity index (χ4n) is 4.36. The first-order valence-electron chi connectivity index (χ1n) is 10.6. The molecule has 31 heavy (non-hydrogen) atoms. The van der Waals surface area contributed by atoms with Crippen molar-refractivity contribution in [2.24, 2.45) is 0 Å². The van der Waals surface area contributed by atoms with E-state index < -0.39 is 0 Å². The summed E-state index contributed by atoms with van der Waals surface area (Å²) in [7, 11) is 0. The quantitative estimate of drug-likeness (QED) is 0.652. The monoisotopic (exact) mass is 437 g/mol. The van der Waals surface area contributed by atoms with Gasteiger partial charge in [-0.3, -0.25) is 9.48 Å². The van der Waals surface area contributed by atoms with Gasteiger partial charge in [-0.25, -0.2) is 0 Å². The second kappa shape index (κ2) is 8.63. The Morgan fingerprint density at radius 3 is 2.87 bits per heavy atom. The predicted molar refractivity (Wildman–Crippen MR) is 118 cm³/mol. The number of nitrogens with zero attached hydrogens (tertiary/aromatic N) is 2. The summed E-state index contributed by atoms with van der Waals surface area (Å²) < 4.78 is 13.2. The van der Waals surface area contributed by atoms with E-state index in [0.29, 0.717) is 29.7 Å². The van der Waals surface area contributed by atoms with Gasteiger partial charge in [-0.15, -0.1) is 0 Å². The minimum atomic E-state index is -0.0404. The van der Waals surface area contributed by atoms with Gasteiger partial charge < -0.3 is 14.8 Å². The Kier molecular flexibility index (Phi) is 5.55. The van der Waals surface area contributed by atoms with Gasteiger partial charge in [0.05, 0.1) is 30.2 Å². The number of hydrogen-bond acceptors (Lipinski definition) is 4. The summed E-state index contributed by atoms with van der Waals surface area (Å²) in [6, 6.07) is 13.9. The number of amides is 1. The van der Waals surface area contributed by atoms with Gasteiger partial charge >= 0.3 is 0 Å². The van der Waals surface area contributed by atoms with E-state index in [9.17, 15) is 4.79 Å². The SMILES string of the molecule is O=C(Cc1cc(Cl)c2c(c1)OCCO2)NC1CCCc2c1cnn2Cc1ccccc1. The zero-order valence-corrected chi connectivity index (χ0v) is 17.9. The van der Waals surface area contributed by atoms with E-state index in [4.69, 9.17) is 21.1 Å². The zero-order valence-electron chi connectivity index (χ0n) is 17.1. The van der Waals surface area contributed by atoms with E-state index in [1.54, 1.807) is 6.07 Å². The molecule has 2 heterocycles. The molecular weight excluding hydrogens is 414 g/mol. The average Bonchev–Trinajstić information content (AvgIpc) is 3.18. The minimum Gasteiger partial charge on any atom is -0.486 e. The Morgan fingerprint density at radius 2 is 2.00 bits per heavy atom. The van der Waals surface area contributed by atoms with Crippen LogP contribution in [0.15, 0.2) is 48.7 Å². The topological polar surface area (TPSA) is 65.4 Å². The lowest BCUT2D eigenvalue weighted by Crippen LogP contribution is -2.32. The van der Waals surface area contributed by atoms with Crippen molar-refractivity contribution in [3.63, 3.8) is 0 Å². The molecule has 1 aromatic heterocycles. The summed E-state index contributed by atoms with van der Waals surface area (Å²) in [5.74, 6) is 1.12. The van der Waals surface area contributed by atoms with E-state index in [-0.39, 0.29) is 18.4 Å². The fourth-order valence-corrected chi connectivity index (χ4v) is 4.65. The van der Waals surface area contributed by atoms with Gasteiger partial charge in [-0.1, -0.05) is 41.9 Å². The highest BCUT2D eigenvalue weighted by atomic mass is 35.5. The molecule has 1 aliphatic carbocycles. The molecule has 1 aliphatic heterocycles. The van der Waals surface area contributed by atoms with Crippen LogP contribution >= 0.6 is 11.6 Å². The highest BCUT2D eigenvalue weighted by Gasteiger charge is 2.26. The summed E-state index contributed by atoms with van der Waals surface area (Å²) >= 11 is 6.31. The number of fused-ring (bicyclic) bond motifs is 2. The van der Waals surface area contributed by atoms with Crippen molar-refractivity contribution in [3.05, 3.63) is 76.1 Å². The van der Waals surface area contributed by atoms with Gasteiger partial charge in [0, 0.05) is 11.3 Å². The second-order valence-corrected chi connectivity index (χ2v) is 8.39. The minimum absolute atomic E-state index is 0.0199. The predicted octanol–water partition coefficient (Wildman–Crippen LogP) is 4.09. The van der Waals surface area contributed by atoms with Crippen LogP contribution < -0.4 is 14.8 Å². The average molecular weight is 438 g/mol. The van der Waals surface area contributed by atoms with Crippen molar-refractivity contribution < 1.29 is 14.3 Å². The first kappa shape index (κ1) is 19.9. The normalized spacial score (nSPS) is 17.1. The van der Waals surface area contributed by atoms with Gasteiger partial charge in [-0.05, 0) is 42.5 Å². The van der Waals surface area contributed by atoms with Crippen molar-refractivity contribution in [1.82, 2.24) is 15.1 Å². The molecule has 5 rings (SSSR count). The third-order valence-corrected chi connectivity index (χ3v) is 6.08. The molecule has 1 unspecified atom stereocenters. The smallest absolute Gasteiger partial charge is 0.224 e. The number of aromatic nitrogens is 2. The Labute approximate surface area is 186 Å². The van der Waals surface area contributed by atoms with Gasteiger partial charge in [0.15, 0.2) is 11.5 Å². The Hall–Kier alpha value is -2.99. The summed E-state index contributed by atoms with van der Waals surface area (Å²) in [4.78, 5) is 12.8. The highest BCUT2D eigenvalue weighted by molar-refractivity contribution is 6.32. The standard InChI is InChI=1S/C24H24ClN3O3/c25-19-11-17(12-22-24(19)31-10-9-30-22)13-23(29)27-20-7-4-8-21-18(20)14-26-28(21)15-16-5-2-1-3-6-16/h1-3,5-6,11-12,14,20H,4,7-10,13,15H2,(H,27,29). The largest absolute Gasteiger partial charge is 0.486 e. The highest BCUT2D eigenvalue weighted by Crippen LogP contribution is 2.38. The van der Waals surface area contributed by atoms with E-state index in [1.807, 2.05) is 30.5 Å². The summed E-state index contributed by atoms with van der Waals surface area (Å²) in [6.07, 6.45) is 5.06. The molecule has 160 valence electrons. The molecule has 1 N–H and O–H groups in total. The van der Waals surface area contributed by atoms with Crippen molar-refractivity contribution in [2.45, 2.75) is 38.3 Å². The Balaban J connectivity index is 1.28. The number of halogens is 1. The summed E-state index contributed by atoms with van der Waals surface area (Å²) in [5, 5.41) is 8.28. The third-order valence-electron chi connectivity index (χ3n) is 5.79. The van der Waals surface area contributed by atoms with E-state index in [2.05, 4.69) is 27.2 Å². The second-order valence-electron chi connectivity index (χ2n) is 7.98. The fraction of sp³-hybridized carbons (Fsp3) is 0.333. The molecule has 0 bridgehead atoms. The molecule has 0 spiro atoms. The Morgan fingerprint density at radius 1 is 1.16 bits per heavy atom. The van der Waals surface area contributed by atoms with Crippen LogP contribution in [0.5, 0.6) is 11.5 Å². The molecule has 1 amide bonds. The lowest BCUT2D eigenvalue weighted by molar-refractivity contribution is -0.121. The van der Waals surface area contributed by atoms with Crippen molar-refractivity contribution >= 4 is 17.5 Å². The van der Waals surface area contributed by atoms with Crippen LogP contribution in [0.25, 0.3) is 0 Å². The number of ether oxygens (including phenoxy) is 2. The molecule has 3 aromatic rings. The van der Waals surface area contributed by atoms with Gasteiger partial charge in [-0.2, -0.15) is 5.10 Å².